The Morgan fingerprint density at radius 2 is 1.93 bits per heavy atom. The molecule has 0 saturated carbocycles. The van der Waals surface area contributed by atoms with Crippen molar-refractivity contribution in [3.05, 3.63) is 59.9 Å². The molecule has 3 aromatic heterocycles. The Hall–Kier alpha value is -3.48. The number of para-hydroxylation sites is 1. The second-order valence-electron chi connectivity index (χ2n) is 6.75. The second kappa shape index (κ2) is 6.92. The molecule has 3 heterocycles. The molecule has 0 radical (unpaired) electrons. The summed E-state index contributed by atoms with van der Waals surface area (Å²) in [6, 6.07) is 13.6. The predicted octanol–water partition coefficient (Wildman–Crippen LogP) is 3.22. The van der Waals surface area contributed by atoms with Gasteiger partial charge in [0, 0.05) is 26.8 Å². The smallest absolute Gasteiger partial charge is 0.254 e. The van der Waals surface area contributed by atoms with E-state index in [1.54, 1.807) is 27.5 Å². The highest BCUT2D eigenvalue weighted by Gasteiger charge is 2.23. The summed E-state index contributed by atoms with van der Waals surface area (Å²) in [5.41, 5.74) is 4.47. The molecular weight excluding hydrogens is 352 g/mol. The number of nitrogens with zero attached hydrogens (tertiary/aromatic N) is 6. The van der Waals surface area contributed by atoms with Gasteiger partial charge < -0.3 is 4.90 Å². The van der Waals surface area contributed by atoms with E-state index in [2.05, 4.69) is 5.10 Å². The molecule has 4 rings (SSSR count). The third-order valence-electron chi connectivity index (χ3n) is 4.95. The standard InChI is InChI=1S/C21H22N6O/c1-5-25(3)21(28)16-13-17(18-11-12-22-26(18)4)23-20-19(16)14(2)24-27(20)15-9-7-6-8-10-15/h6-13H,5H2,1-4H3. The molecule has 0 unspecified atom stereocenters. The van der Waals surface area contributed by atoms with Crippen molar-refractivity contribution in [3.8, 4) is 17.1 Å². The highest BCUT2D eigenvalue weighted by molar-refractivity contribution is 6.07. The monoisotopic (exact) mass is 374 g/mol. The van der Waals surface area contributed by atoms with E-state index in [0.717, 1.165) is 22.5 Å². The molecule has 4 aromatic rings. The third kappa shape index (κ3) is 2.85. The number of amides is 1. The fourth-order valence-corrected chi connectivity index (χ4v) is 3.31. The van der Waals surface area contributed by atoms with Crippen LogP contribution in [-0.4, -0.2) is 48.9 Å². The van der Waals surface area contributed by atoms with Crippen LogP contribution in [0.2, 0.25) is 0 Å². The number of carbonyl (C=O) groups is 1. The van der Waals surface area contributed by atoms with E-state index < -0.39 is 0 Å². The Bertz CT molecular complexity index is 1160. The van der Waals surface area contributed by atoms with Gasteiger partial charge in [-0.05, 0) is 38.1 Å². The van der Waals surface area contributed by atoms with Crippen molar-refractivity contribution in [2.75, 3.05) is 13.6 Å². The normalized spacial score (nSPS) is 11.1. The zero-order chi connectivity index (χ0) is 19.8. The zero-order valence-electron chi connectivity index (χ0n) is 16.4. The molecular formula is C21H22N6O. The van der Waals surface area contributed by atoms with Crippen LogP contribution >= 0.6 is 0 Å². The van der Waals surface area contributed by atoms with Gasteiger partial charge in [0.2, 0.25) is 0 Å². The van der Waals surface area contributed by atoms with Gasteiger partial charge in [-0.15, -0.1) is 0 Å². The molecule has 1 aromatic carbocycles. The fourth-order valence-electron chi connectivity index (χ4n) is 3.31. The summed E-state index contributed by atoms with van der Waals surface area (Å²) in [6.45, 7) is 4.49. The number of aryl methyl sites for hydroxylation is 2. The van der Waals surface area contributed by atoms with Crippen LogP contribution in [0, 0.1) is 6.92 Å². The van der Waals surface area contributed by atoms with Crippen molar-refractivity contribution >= 4 is 16.9 Å². The average molecular weight is 374 g/mol. The number of carbonyl (C=O) groups excluding carboxylic acids is 1. The van der Waals surface area contributed by atoms with Gasteiger partial charge in [0.1, 0.15) is 0 Å². The van der Waals surface area contributed by atoms with Crippen LogP contribution in [0.15, 0.2) is 48.7 Å². The number of hydrogen-bond donors (Lipinski definition) is 0. The van der Waals surface area contributed by atoms with Crippen LogP contribution in [0.5, 0.6) is 0 Å². The maximum absolute atomic E-state index is 13.1. The summed E-state index contributed by atoms with van der Waals surface area (Å²) >= 11 is 0. The topological polar surface area (TPSA) is 68.8 Å². The van der Waals surface area contributed by atoms with Crippen molar-refractivity contribution in [2.24, 2.45) is 7.05 Å². The number of benzene rings is 1. The van der Waals surface area contributed by atoms with Crippen LogP contribution in [0.3, 0.4) is 0 Å². The first kappa shape index (κ1) is 17.9. The molecule has 7 nitrogen and oxygen atoms in total. The van der Waals surface area contributed by atoms with Crippen LogP contribution in [0.1, 0.15) is 23.0 Å². The first-order valence-electron chi connectivity index (χ1n) is 9.21. The van der Waals surface area contributed by atoms with Gasteiger partial charge in [-0.3, -0.25) is 9.48 Å². The van der Waals surface area contributed by atoms with E-state index in [1.165, 1.54) is 0 Å². The van der Waals surface area contributed by atoms with Gasteiger partial charge in [-0.2, -0.15) is 10.2 Å². The largest absolute Gasteiger partial charge is 0.342 e. The average Bonchev–Trinajstić information content (AvgIpc) is 3.30. The summed E-state index contributed by atoms with van der Waals surface area (Å²) in [6.07, 6.45) is 1.72. The van der Waals surface area contributed by atoms with E-state index in [1.807, 2.05) is 63.4 Å². The molecule has 0 fully saturated rings. The summed E-state index contributed by atoms with van der Waals surface area (Å²) in [5.74, 6) is -0.0472. The zero-order valence-corrected chi connectivity index (χ0v) is 16.4. The quantitative estimate of drug-likeness (QED) is 0.550. The van der Waals surface area contributed by atoms with Gasteiger partial charge in [-0.1, -0.05) is 18.2 Å². The summed E-state index contributed by atoms with van der Waals surface area (Å²) in [7, 11) is 3.66. The third-order valence-corrected chi connectivity index (χ3v) is 4.95. The lowest BCUT2D eigenvalue weighted by molar-refractivity contribution is 0.0804. The molecule has 0 aliphatic carbocycles. The van der Waals surface area contributed by atoms with Crippen molar-refractivity contribution < 1.29 is 4.79 Å². The number of aromatic nitrogens is 5. The van der Waals surface area contributed by atoms with Crippen molar-refractivity contribution in [1.82, 2.24) is 29.4 Å². The van der Waals surface area contributed by atoms with E-state index in [0.29, 0.717) is 23.4 Å². The van der Waals surface area contributed by atoms with Gasteiger partial charge in [0.05, 0.1) is 33.7 Å². The number of hydrogen-bond acceptors (Lipinski definition) is 4. The van der Waals surface area contributed by atoms with E-state index in [9.17, 15) is 4.79 Å². The second-order valence-corrected chi connectivity index (χ2v) is 6.75. The Balaban J connectivity index is 2.05. The molecule has 0 aliphatic heterocycles. The molecule has 142 valence electrons. The van der Waals surface area contributed by atoms with E-state index in [-0.39, 0.29) is 5.91 Å². The van der Waals surface area contributed by atoms with Gasteiger partial charge >= 0.3 is 0 Å². The number of fused-ring (bicyclic) bond motifs is 1. The summed E-state index contributed by atoms with van der Waals surface area (Å²) in [4.78, 5) is 19.7. The highest BCUT2D eigenvalue weighted by Crippen LogP contribution is 2.29. The van der Waals surface area contributed by atoms with Crippen molar-refractivity contribution in [2.45, 2.75) is 13.8 Å². The lowest BCUT2D eigenvalue weighted by Gasteiger charge is -2.16. The highest BCUT2D eigenvalue weighted by atomic mass is 16.2. The first-order chi connectivity index (χ1) is 13.5. The van der Waals surface area contributed by atoms with Crippen molar-refractivity contribution in [1.29, 1.82) is 0 Å². The first-order valence-corrected chi connectivity index (χ1v) is 9.21. The van der Waals surface area contributed by atoms with E-state index >= 15 is 0 Å². The summed E-state index contributed by atoms with van der Waals surface area (Å²) < 4.78 is 3.55. The number of rotatable bonds is 4. The molecule has 0 atom stereocenters. The predicted molar refractivity (Wildman–Crippen MR) is 108 cm³/mol. The molecule has 0 spiro atoms. The Morgan fingerprint density at radius 1 is 1.18 bits per heavy atom. The minimum atomic E-state index is -0.0472. The fraction of sp³-hybridized carbons (Fsp3) is 0.238. The molecule has 0 bridgehead atoms. The Labute approximate surface area is 163 Å². The lowest BCUT2D eigenvalue weighted by atomic mass is 10.1. The Morgan fingerprint density at radius 3 is 2.57 bits per heavy atom. The van der Waals surface area contributed by atoms with Gasteiger partial charge in [0.25, 0.3) is 5.91 Å². The molecule has 0 N–H and O–H groups in total. The van der Waals surface area contributed by atoms with Crippen LogP contribution in [0.4, 0.5) is 0 Å². The van der Waals surface area contributed by atoms with Gasteiger partial charge in [-0.25, -0.2) is 9.67 Å². The molecule has 28 heavy (non-hydrogen) atoms. The molecule has 7 heteroatoms. The Kier molecular flexibility index (Phi) is 4.43. The lowest BCUT2D eigenvalue weighted by Crippen LogP contribution is -2.26. The minimum Gasteiger partial charge on any atom is -0.342 e. The molecule has 0 aliphatic rings. The maximum atomic E-state index is 13.1. The SMILES string of the molecule is CCN(C)C(=O)c1cc(-c2ccnn2C)nc2c1c(C)nn2-c1ccccc1. The number of pyridine rings is 1. The van der Waals surface area contributed by atoms with Crippen LogP contribution in [-0.2, 0) is 7.05 Å². The van der Waals surface area contributed by atoms with Gasteiger partial charge in [0.15, 0.2) is 5.65 Å². The van der Waals surface area contributed by atoms with E-state index in [4.69, 9.17) is 10.1 Å². The van der Waals surface area contributed by atoms with Crippen LogP contribution < -0.4 is 0 Å². The van der Waals surface area contributed by atoms with Crippen LogP contribution in [0.25, 0.3) is 28.1 Å². The van der Waals surface area contributed by atoms with Crippen molar-refractivity contribution in [3.63, 3.8) is 0 Å². The minimum absolute atomic E-state index is 0.0472. The summed E-state index contributed by atoms with van der Waals surface area (Å²) in [5, 5.41) is 9.72. The maximum Gasteiger partial charge on any atom is 0.254 e. The molecule has 0 saturated heterocycles. The molecule has 1 amide bonds.